The van der Waals surface area contributed by atoms with E-state index in [9.17, 15) is 19.2 Å². The number of rotatable bonds is 10. The van der Waals surface area contributed by atoms with E-state index in [-0.39, 0.29) is 51.3 Å². The zero-order valence-electron chi connectivity index (χ0n) is 21.8. The molecule has 1 aromatic carbocycles. The number of nitrogens with zero attached hydrogens (tertiary/aromatic N) is 2. The number of pyridine rings is 1. The first kappa shape index (κ1) is 31.0. The molecule has 1 aliphatic rings. The summed E-state index contributed by atoms with van der Waals surface area (Å²) in [5, 5.41) is 0.436. The third-order valence-corrected chi connectivity index (χ3v) is 7.68. The lowest BCUT2D eigenvalue weighted by atomic mass is 9.90. The fourth-order valence-corrected chi connectivity index (χ4v) is 5.44. The minimum absolute atomic E-state index is 0.0212. The number of hydrogen-bond donors (Lipinski definition) is 0. The molecular weight excluding hydrogens is 579 g/mol. The molecule has 0 spiro atoms. The molecule has 9 nitrogen and oxygen atoms in total. The predicted octanol–water partition coefficient (Wildman–Crippen LogP) is 5.02. The number of esters is 3. The molecule has 0 bridgehead atoms. The number of terminal acetylenes is 1. The standard InChI is InChI=1S/C28H26Cl2N2O7S/c1-4-9-39-28(36)20-8-6-5-7-19(20)26(34)32(15-17-10-18(14-31-13-17)27(35)38-3)23-12-24(22(30)11-21(23)29)40-16-25(33)37-2/h1,10-14H,5-9,15-16H2,2-3H3. The van der Waals surface area contributed by atoms with Crippen molar-refractivity contribution in [2.45, 2.75) is 37.1 Å². The van der Waals surface area contributed by atoms with Gasteiger partial charge in [-0.2, -0.15) is 0 Å². The van der Waals surface area contributed by atoms with E-state index in [0.29, 0.717) is 36.1 Å². The van der Waals surface area contributed by atoms with Gasteiger partial charge in [0, 0.05) is 28.4 Å². The van der Waals surface area contributed by atoms with Gasteiger partial charge in [0.1, 0.15) is 0 Å². The van der Waals surface area contributed by atoms with Crippen LogP contribution in [-0.2, 0) is 35.1 Å². The van der Waals surface area contributed by atoms with Gasteiger partial charge in [0.2, 0.25) is 0 Å². The van der Waals surface area contributed by atoms with Crippen molar-refractivity contribution in [2.75, 3.05) is 31.5 Å². The summed E-state index contributed by atoms with van der Waals surface area (Å²) in [6.45, 7) is -0.279. The van der Waals surface area contributed by atoms with Crippen molar-refractivity contribution in [3.05, 3.63) is 62.9 Å². The van der Waals surface area contributed by atoms with Gasteiger partial charge in [0.15, 0.2) is 6.61 Å². The van der Waals surface area contributed by atoms with E-state index in [0.717, 1.165) is 11.8 Å². The molecule has 0 saturated heterocycles. The highest BCUT2D eigenvalue weighted by Gasteiger charge is 2.30. The van der Waals surface area contributed by atoms with E-state index >= 15 is 0 Å². The number of benzene rings is 1. The van der Waals surface area contributed by atoms with Crippen molar-refractivity contribution in [2.24, 2.45) is 0 Å². The van der Waals surface area contributed by atoms with Crippen LogP contribution >= 0.6 is 35.0 Å². The number of halogens is 2. The van der Waals surface area contributed by atoms with Crippen LogP contribution in [0.2, 0.25) is 10.0 Å². The Morgan fingerprint density at radius 2 is 1.73 bits per heavy atom. The van der Waals surface area contributed by atoms with Crippen LogP contribution in [0.4, 0.5) is 5.69 Å². The van der Waals surface area contributed by atoms with Gasteiger partial charge in [-0.1, -0.05) is 29.1 Å². The molecule has 0 N–H and O–H groups in total. The fourth-order valence-electron chi connectivity index (χ4n) is 4.01. The average Bonchev–Trinajstić information content (AvgIpc) is 2.97. The van der Waals surface area contributed by atoms with Gasteiger partial charge in [-0.25, -0.2) is 9.59 Å². The summed E-state index contributed by atoms with van der Waals surface area (Å²) in [5.74, 6) is 0.0538. The number of ether oxygens (including phenoxy) is 3. The lowest BCUT2D eigenvalue weighted by Gasteiger charge is -2.28. The molecule has 0 unspecified atom stereocenters. The zero-order valence-corrected chi connectivity index (χ0v) is 24.2. The molecule has 1 heterocycles. The molecule has 0 fully saturated rings. The largest absolute Gasteiger partial charge is 0.468 e. The third-order valence-electron chi connectivity index (χ3n) is 5.93. The van der Waals surface area contributed by atoms with E-state index in [1.807, 2.05) is 0 Å². The Kier molecular flexibility index (Phi) is 11.4. The van der Waals surface area contributed by atoms with Gasteiger partial charge in [-0.3, -0.25) is 14.6 Å². The van der Waals surface area contributed by atoms with Crippen molar-refractivity contribution < 1.29 is 33.4 Å². The van der Waals surface area contributed by atoms with Gasteiger partial charge < -0.3 is 19.1 Å². The van der Waals surface area contributed by atoms with Crippen LogP contribution in [-0.4, -0.2) is 55.4 Å². The van der Waals surface area contributed by atoms with Crippen LogP contribution in [0.3, 0.4) is 0 Å². The molecule has 0 aliphatic heterocycles. The van der Waals surface area contributed by atoms with E-state index in [4.69, 9.17) is 43.8 Å². The zero-order chi connectivity index (χ0) is 29.2. The minimum atomic E-state index is -0.646. The van der Waals surface area contributed by atoms with Crippen LogP contribution in [0.15, 0.2) is 46.6 Å². The number of methoxy groups -OCH3 is 2. The van der Waals surface area contributed by atoms with Gasteiger partial charge in [-0.15, -0.1) is 18.2 Å². The maximum absolute atomic E-state index is 14.2. The number of thioether (sulfide) groups is 1. The second kappa shape index (κ2) is 14.7. The highest BCUT2D eigenvalue weighted by Crippen LogP contribution is 2.39. The van der Waals surface area contributed by atoms with Crippen molar-refractivity contribution in [3.8, 4) is 12.3 Å². The van der Waals surface area contributed by atoms with Crippen LogP contribution in [0.1, 0.15) is 41.6 Å². The van der Waals surface area contributed by atoms with Gasteiger partial charge in [0.25, 0.3) is 5.91 Å². The minimum Gasteiger partial charge on any atom is -0.468 e. The average molecular weight is 605 g/mol. The molecule has 1 aromatic heterocycles. The Balaban J connectivity index is 2.12. The van der Waals surface area contributed by atoms with Crippen molar-refractivity contribution in [1.29, 1.82) is 0 Å². The number of anilines is 1. The van der Waals surface area contributed by atoms with Gasteiger partial charge >= 0.3 is 17.9 Å². The van der Waals surface area contributed by atoms with Gasteiger partial charge in [0.05, 0.1) is 47.8 Å². The summed E-state index contributed by atoms with van der Waals surface area (Å²) in [6, 6.07) is 4.61. The van der Waals surface area contributed by atoms with Crippen LogP contribution in [0.25, 0.3) is 0 Å². The van der Waals surface area contributed by atoms with E-state index in [1.165, 1.54) is 37.6 Å². The molecule has 0 radical (unpaired) electrons. The first-order valence-corrected chi connectivity index (χ1v) is 13.8. The van der Waals surface area contributed by atoms with E-state index in [2.05, 4.69) is 10.9 Å². The Hall–Kier alpha value is -3.52. The van der Waals surface area contributed by atoms with Crippen LogP contribution in [0.5, 0.6) is 0 Å². The Bertz CT molecular complexity index is 1390. The molecular formula is C28H26Cl2N2O7S. The van der Waals surface area contributed by atoms with E-state index < -0.39 is 23.8 Å². The van der Waals surface area contributed by atoms with Crippen molar-refractivity contribution in [1.82, 2.24) is 4.98 Å². The maximum atomic E-state index is 14.2. The second-order valence-corrected chi connectivity index (χ2v) is 10.3. The second-order valence-electron chi connectivity index (χ2n) is 8.51. The first-order chi connectivity index (χ1) is 19.2. The quantitative estimate of drug-likeness (QED) is 0.160. The molecule has 40 heavy (non-hydrogen) atoms. The Morgan fingerprint density at radius 3 is 2.40 bits per heavy atom. The summed E-state index contributed by atoms with van der Waals surface area (Å²) in [4.78, 5) is 56.8. The maximum Gasteiger partial charge on any atom is 0.339 e. The normalized spacial score (nSPS) is 12.8. The van der Waals surface area contributed by atoms with Gasteiger partial charge in [-0.05, 0) is 49.4 Å². The molecule has 2 aromatic rings. The third kappa shape index (κ3) is 7.78. The van der Waals surface area contributed by atoms with Crippen molar-refractivity contribution >= 4 is 64.5 Å². The van der Waals surface area contributed by atoms with Crippen LogP contribution in [0, 0.1) is 12.3 Å². The summed E-state index contributed by atoms with van der Waals surface area (Å²) in [6.07, 6.45) is 10.2. The number of hydrogen-bond acceptors (Lipinski definition) is 9. The summed E-state index contributed by atoms with van der Waals surface area (Å²) in [5.41, 5.74) is 1.50. The van der Waals surface area contributed by atoms with Crippen molar-refractivity contribution in [3.63, 3.8) is 0 Å². The molecule has 1 amide bonds. The fraction of sp³-hybridized carbons (Fsp3) is 0.321. The summed E-state index contributed by atoms with van der Waals surface area (Å²) >= 11 is 14.1. The number of carbonyl (C=O) groups is 4. The summed E-state index contributed by atoms with van der Waals surface area (Å²) in [7, 11) is 2.53. The lowest BCUT2D eigenvalue weighted by Crippen LogP contribution is -2.34. The summed E-state index contributed by atoms with van der Waals surface area (Å²) < 4.78 is 14.6. The van der Waals surface area contributed by atoms with Crippen LogP contribution < -0.4 is 4.90 Å². The molecule has 0 saturated carbocycles. The van der Waals surface area contributed by atoms with E-state index in [1.54, 1.807) is 12.1 Å². The SMILES string of the molecule is C#CCOC(=O)C1=C(C(=O)N(Cc2cncc(C(=O)OC)c2)c2cc(SCC(=O)OC)c(Cl)cc2Cl)CCCC1. The Labute approximate surface area is 246 Å². The molecule has 1 aliphatic carbocycles. The first-order valence-electron chi connectivity index (χ1n) is 12.1. The molecule has 12 heteroatoms. The molecule has 0 atom stereocenters. The highest BCUT2D eigenvalue weighted by molar-refractivity contribution is 8.00. The molecule has 210 valence electrons. The number of amides is 1. The Morgan fingerprint density at radius 1 is 1.00 bits per heavy atom. The lowest BCUT2D eigenvalue weighted by molar-refractivity contribution is -0.138. The number of carbonyl (C=O) groups excluding carboxylic acids is 4. The predicted molar refractivity (Wildman–Crippen MR) is 151 cm³/mol. The topological polar surface area (TPSA) is 112 Å². The highest BCUT2D eigenvalue weighted by atomic mass is 35.5. The molecule has 3 rings (SSSR count). The number of aromatic nitrogens is 1. The smallest absolute Gasteiger partial charge is 0.339 e. The monoisotopic (exact) mass is 604 g/mol.